The first-order valence-electron chi connectivity index (χ1n) is 6.38. The van der Waals surface area contributed by atoms with Crippen LogP contribution in [0.4, 0.5) is 0 Å². The second-order valence-electron chi connectivity index (χ2n) is 4.48. The molecule has 8 heteroatoms. The SMILES string of the molecule is CCOC(=O)c1c(-n2nnc(C(N)=O)c2C)sc(C)c1C. The molecule has 2 aromatic rings. The van der Waals surface area contributed by atoms with E-state index < -0.39 is 11.9 Å². The zero-order valence-electron chi connectivity index (χ0n) is 12.3. The zero-order chi connectivity index (χ0) is 15.7. The molecule has 0 unspecified atom stereocenters. The van der Waals surface area contributed by atoms with Crippen molar-refractivity contribution in [3.05, 3.63) is 27.4 Å². The molecule has 0 radical (unpaired) electrons. The van der Waals surface area contributed by atoms with Gasteiger partial charge in [0.2, 0.25) is 0 Å². The van der Waals surface area contributed by atoms with Crippen LogP contribution in [-0.4, -0.2) is 33.5 Å². The van der Waals surface area contributed by atoms with E-state index in [1.165, 1.54) is 16.0 Å². The van der Waals surface area contributed by atoms with Crippen molar-refractivity contribution >= 4 is 23.2 Å². The van der Waals surface area contributed by atoms with Gasteiger partial charge in [0.1, 0.15) is 5.00 Å². The number of nitrogens with two attached hydrogens (primary N) is 1. The molecule has 0 aliphatic heterocycles. The molecule has 2 N–H and O–H groups in total. The molecule has 0 bridgehead atoms. The highest BCUT2D eigenvalue weighted by atomic mass is 32.1. The first-order chi connectivity index (χ1) is 9.88. The van der Waals surface area contributed by atoms with Crippen LogP contribution in [0.25, 0.3) is 5.00 Å². The van der Waals surface area contributed by atoms with Crippen LogP contribution in [0.5, 0.6) is 0 Å². The number of amides is 1. The summed E-state index contributed by atoms with van der Waals surface area (Å²) in [6.45, 7) is 7.48. The lowest BCUT2D eigenvalue weighted by atomic mass is 10.1. The smallest absolute Gasteiger partial charge is 0.341 e. The second kappa shape index (κ2) is 5.65. The van der Waals surface area contributed by atoms with Gasteiger partial charge in [-0.25, -0.2) is 9.48 Å². The number of esters is 1. The number of aryl methyl sites for hydroxylation is 1. The van der Waals surface area contributed by atoms with Gasteiger partial charge in [-0.1, -0.05) is 5.21 Å². The summed E-state index contributed by atoms with van der Waals surface area (Å²) in [7, 11) is 0. The van der Waals surface area contributed by atoms with E-state index in [9.17, 15) is 9.59 Å². The Labute approximate surface area is 125 Å². The lowest BCUT2D eigenvalue weighted by molar-refractivity contribution is 0.0526. The van der Waals surface area contributed by atoms with Gasteiger partial charge in [-0.15, -0.1) is 16.4 Å². The lowest BCUT2D eigenvalue weighted by Crippen LogP contribution is -2.14. The average molecular weight is 308 g/mol. The van der Waals surface area contributed by atoms with Gasteiger partial charge >= 0.3 is 5.97 Å². The van der Waals surface area contributed by atoms with Gasteiger partial charge in [-0.05, 0) is 33.3 Å². The first-order valence-corrected chi connectivity index (χ1v) is 7.19. The summed E-state index contributed by atoms with van der Waals surface area (Å²) in [6, 6.07) is 0. The quantitative estimate of drug-likeness (QED) is 0.863. The molecular formula is C13H16N4O3S. The number of ether oxygens (including phenoxy) is 1. The molecule has 2 heterocycles. The number of hydrogen-bond acceptors (Lipinski definition) is 6. The van der Waals surface area contributed by atoms with Crippen LogP contribution in [-0.2, 0) is 4.74 Å². The molecule has 21 heavy (non-hydrogen) atoms. The molecule has 0 atom stereocenters. The molecule has 2 rings (SSSR count). The summed E-state index contributed by atoms with van der Waals surface area (Å²) in [5.74, 6) is -1.06. The van der Waals surface area contributed by atoms with Gasteiger partial charge in [-0.2, -0.15) is 0 Å². The summed E-state index contributed by atoms with van der Waals surface area (Å²) in [5.41, 5.74) is 7.11. The molecule has 0 aromatic carbocycles. The van der Waals surface area contributed by atoms with E-state index in [1.54, 1.807) is 13.8 Å². The fraction of sp³-hybridized carbons (Fsp3) is 0.385. The van der Waals surface area contributed by atoms with Gasteiger partial charge in [0.05, 0.1) is 17.9 Å². The van der Waals surface area contributed by atoms with Gasteiger partial charge in [-0.3, -0.25) is 4.79 Å². The maximum absolute atomic E-state index is 12.2. The van der Waals surface area contributed by atoms with Gasteiger partial charge in [0, 0.05) is 4.88 Å². The minimum atomic E-state index is -0.651. The monoisotopic (exact) mass is 308 g/mol. The summed E-state index contributed by atoms with van der Waals surface area (Å²) >= 11 is 1.39. The van der Waals surface area contributed by atoms with E-state index in [-0.39, 0.29) is 12.3 Å². The summed E-state index contributed by atoms with van der Waals surface area (Å²) in [5, 5.41) is 8.29. The molecule has 0 fully saturated rings. The third-order valence-electron chi connectivity index (χ3n) is 3.17. The molecule has 112 valence electrons. The van der Waals surface area contributed by atoms with Crippen molar-refractivity contribution in [2.24, 2.45) is 5.73 Å². The summed E-state index contributed by atoms with van der Waals surface area (Å²) < 4.78 is 6.55. The predicted octanol–water partition coefficient (Wildman–Crippen LogP) is 1.53. The van der Waals surface area contributed by atoms with E-state index in [1.807, 2.05) is 13.8 Å². The molecule has 1 amide bonds. The largest absolute Gasteiger partial charge is 0.462 e. The molecule has 0 spiro atoms. The minimum Gasteiger partial charge on any atom is -0.462 e. The van der Waals surface area contributed by atoms with E-state index in [2.05, 4.69) is 10.3 Å². The van der Waals surface area contributed by atoms with E-state index >= 15 is 0 Å². The number of nitrogens with zero attached hydrogens (tertiary/aromatic N) is 3. The Morgan fingerprint density at radius 2 is 2.00 bits per heavy atom. The highest BCUT2D eigenvalue weighted by Crippen LogP contribution is 2.32. The summed E-state index contributed by atoms with van der Waals surface area (Å²) in [4.78, 5) is 24.4. The third-order valence-corrected chi connectivity index (χ3v) is 4.35. The Morgan fingerprint density at radius 3 is 2.52 bits per heavy atom. The normalized spacial score (nSPS) is 10.7. The minimum absolute atomic E-state index is 0.0912. The molecule has 0 aliphatic rings. The van der Waals surface area contributed by atoms with Crippen LogP contribution in [0, 0.1) is 20.8 Å². The van der Waals surface area contributed by atoms with Crippen molar-refractivity contribution in [3.8, 4) is 5.00 Å². The maximum Gasteiger partial charge on any atom is 0.341 e. The number of hydrogen-bond donors (Lipinski definition) is 1. The summed E-state index contributed by atoms with van der Waals surface area (Å²) in [6.07, 6.45) is 0. The standard InChI is InChI=1S/C13H16N4O3S/c1-5-20-13(19)9-6(2)8(4)21-12(9)17-7(3)10(11(14)18)15-16-17/h5H2,1-4H3,(H2,14,18). The van der Waals surface area contributed by atoms with Crippen molar-refractivity contribution in [2.75, 3.05) is 6.61 Å². The lowest BCUT2D eigenvalue weighted by Gasteiger charge is -2.06. The Hall–Kier alpha value is -2.22. The highest BCUT2D eigenvalue weighted by molar-refractivity contribution is 7.15. The fourth-order valence-electron chi connectivity index (χ4n) is 1.95. The van der Waals surface area contributed by atoms with Crippen LogP contribution in [0.3, 0.4) is 0 Å². The van der Waals surface area contributed by atoms with Gasteiger partial charge < -0.3 is 10.5 Å². The number of aromatic nitrogens is 3. The van der Waals surface area contributed by atoms with Crippen molar-refractivity contribution in [1.82, 2.24) is 15.0 Å². The van der Waals surface area contributed by atoms with Crippen molar-refractivity contribution in [2.45, 2.75) is 27.7 Å². The van der Waals surface area contributed by atoms with Gasteiger partial charge in [0.15, 0.2) is 5.69 Å². The molecule has 0 saturated carbocycles. The van der Waals surface area contributed by atoms with Crippen molar-refractivity contribution in [3.63, 3.8) is 0 Å². The topological polar surface area (TPSA) is 100 Å². The van der Waals surface area contributed by atoms with E-state index in [4.69, 9.17) is 10.5 Å². The van der Waals surface area contributed by atoms with Crippen molar-refractivity contribution < 1.29 is 14.3 Å². The second-order valence-corrected chi connectivity index (χ2v) is 5.69. The van der Waals surface area contributed by atoms with Crippen molar-refractivity contribution in [1.29, 1.82) is 0 Å². The Balaban J connectivity index is 2.62. The Kier molecular flexibility index (Phi) is 4.08. The van der Waals surface area contributed by atoms with Crippen LogP contribution >= 0.6 is 11.3 Å². The number of carbonyl (C=O) groups excluding carboxylic acids is 2. The highest BCUT2D eigenvalue weighted by Gasteiger charge is 2.25. The molecule has 0 saturated heterocycles. The molecular weight excluding hydrogens is 292 g/mol. The Morgan fingerprint density at radius 1 is 1.33 bits per heavy atom. The number of thiophene rings is 1. The number of rotatable bonds is 4. The van der Waals surface area contributed by atoms with Crippen LogP contribution in [0.2, 0.25) is 0 Å². The van der Waals surface area contributed by atoms with Crippen LogP contribution in [0.15, 0.2) is 0 Å². The predicted molar refractivity (Wildman–Crippen MR) is 77.9 cm³/mol. The molecule has 2 aromatic heterocycles. The first kappa shape index (κ1) is 15.2. The van der Waals surface area contributed by atoms with E-state index in [0.717, 1.165) is 10.4 Å². The number of primary amides is 1. The van der Waals surface area contributed by atoms with Crippen LogP contribution in [0.1, 0.15) is 43.9 Å². The zero-order valence-corrected chi connectivity index (χ0v) is 13.1. The molecule has 7 nitrogen and oxygen atoms in total. The average Bonchev–Trinajstić information content (AvgIpc) is 2.91. The fourth-order valence-corrected chi connectivity index (χ4v) is 3.10. The van der Waals surface area contributed by atoms with Crippen LogP contribution < -0.4 is 5.73 Å². The molecule has 0 aliphatic carbocycles. The third kappa shape index (κ3) is 2.54. The number of carbonyl (C=O) groups is 2. The van der Waals surface area contributed by atoms with E-state index in [0.29, 0.717) is 16.3 Å². The maximum atomic E-state index is 12.2. The Bertz CT molecular complexity index is 717. The van der Waals surface area contributed by atoms with Gasteiger partial charge in [0.25, 0.3) is 5.91 Å².